The van der Waals surface area contributed by atoms with Crippen LogP contribution >= 0.6 is 12.2 Å². The van der Waals surface area contributed by atoms with Gasteiger partial charge >= 0.3 is 0 Å². The Morgan fingerprint density at radius 3 is 3.05 bits per heavy atom. The first-order valence-corrected chi connectivity index (χ1v) is 7.33. The van der Waals surface area contributed by atoms with Gasteiger partial charge in [-0.2, -0.15) is 0 Å². The quantitative estimate of drug-likeness (QED) is 0.797. The molecule has 0 amide bonds. The third kappa shape index (κ3) is 5.03. The molecule has 6 heteroatoms. The van der Waals surface area contributed by atoms with E-state index in [1.165, 1.54) is 0 Å². The molecule has 1 aromatic heterocycles. The van der Waals surface area contributed by atoms with Gasteiger partial charge < -0.3 is 14.8 Å². The number of thiocarbonyl (C=S) groups is 1. The molecule has 5 nitrogen and oxygen atoms in total. The molecule has 0 radical (unpaired) electrons. The molecular weight excluding hydrogens is 274 g/mol. The van der Waals surface area contributed by atoms with Gasteiger partial charge in [-0.25, -0.2) is 0 Å². The van der Waals surface area contributed by atoms with Crippen LogP contribution in [0.5, 0.6) is 5.75 Å². The molecule has 2 rings (SSSR count). The summed E-state index contributed by atoms with van der Waals surface area (Å²) in [5, 5.41) is 3.27. The van der Waals surface area contributed by atoms with Crippen molar-refractivity contribution >= 4 is 17.2 Å². The molecule has 1 saturated heterocycles. The summed E-state index contributed by atoms with van der Waals surface area (Å²) in [5.41, 5.74) is 0.926. The number of rotatable bonds is 6. The molecule has 0 spiro atoms. The third-order valence-electron chi connectivity index (χ3n) is 3.04. The van der Waals surface area contributed by atoms with Crippen LogP contribution < -0.4 is 10.1 Å². The number of hydrogen-bond donors (Lipinski definition) is 1. The summed E-state index contributed by atoms with van der Waals surface area (Å²) < 4.78 is 10.8. The Kier molecular flexibility index (Phi) is 6.17. The fraction of sp³-hybridized carbons (Fsp3) is 0.571. The van der Waals surface area contributed by atoms with E-state index < -0.39 is 0 Å². The molecule has 2 heterocycles. The minimum Gasteiger partial charge on any atom is -0.494 e. The molecule has 0 aromatic carbocycles. The van der Waals surface area contributed by atoms with Crippen molar-refractivity contribution in [2.24, 2.45) is 0 Å². The Bertz CT molecular complexity index is 436. The van der Waals surface area contributed by atoms with Crippen molar-refractivity contribution in [1.82, 2.24) is 15.2 Å². The highest BCUT2D eigenvalue weighted by atomic mass is 32.1. The summed E-state index contributed by atoms with van der Waals surface area (Å²) in [6.07, 6.45) is 2.39. The average molecular weight is 295 g/mol. The van der Waals surface area contributed by atoms with Crippen LogP contribution in [0, 0.1) is 0 Å². The minimum absolute atomic E-state index is 0.639. The fourth-order valence-corrected chi connectivity index (χ4v) is 2.21. The zero-order valence-electron chi connectivity index (χ0n) is 11.8. The number of ether oxygens (including phenoxy) is 2. The number of aromatic nitrogens is 1. The standard InChI is InChI=1S/C14H21N3O2S/c1-2-19-13-3-4-15-12(9-13)10-14(20)16-11-17-5-7-18-8-6-17/h3-4,9H,2,5-8,10-11H2,1H3,(H,16,20). The molecule has 1 aliphatic heterocycles. The van der Waals surface area contributed by atoms with Crippen molar-refractivity contribution in [2.75, 3.05) is 39.6 Å². The second kappa shape index (κ2) is 8.14. The second-order valence-corrected chi connectivity index (χ2v) is 5.07. The lowest BCUT2D eigenvalue weighted by Gasteiger charge is -2.27. The molecular formula is C14H21N3O2S. The van der Waals surface area contributed by atoms with Gasteiger partial charge in [-0.1, -0.05) is 12.2 Å². The van der Waals surface area contributed by atoms with Gasteiger partial charge in [0.2, 0.25) is 0 Å². The van der Waals surface area contributed by atoms with Gasteiger partial charge in [-0.05, 0) is 13.0 Å². The van der Waals surface area contributed by atoms with Crippen molar-refractivity contribution < 1.29 is 9.47 Å². The monoisotopic (exact) mass is 295 g/mol. The van der Waals surface area contributed by atoms with Crippen molar-refractivity contribution in [3.63, 3.8) is 0 Å². The molecule has 1 aromatic rings. The van der Waals surface area contributed by atoms with Gasteiger partial charge in [-0.15, -0.1) is 0 Å². The van der Waals surface area contributed by atoms with Gasteiger partial charge in [0.05, 0.1) is 37.2 Å². The smallest absolute Gasteiger partial charge is 0.122 e. The van der Waals surface area contributed by atoms with Crippen LogP contribution in [0.3, 0.4) is 0 Å². The van der Waals surface area contributed by atoms with E-state index in [2.05, 4.69) is 15.2 Å². The topological polar surface area (TPSA) is 46.6 Å². The van der Waals surface area contributed by atoms with E-state index in [0.717, 1.165) is 49.4 Å². The number of nitrogens with one attached hydrogen (secondary N) is 1. The first-order valence-electron chi connectivity index (χ1n) is 6.92. The summed E-state index contributed by atoms with van der Waals surface area (Å²) in [7, 11) is 0. The number of pyridine rings is 1. The van der Waals surface area contributed by atoms with E-state index >= 15 is 0 Å². The van der Waals surface area contributed by atoms with Crippen LogP contribution in [-0.4, -0.2) is 54.5 Å². The van der Waals surface area contributed by atoms with Crippen molar-refractivity contribution in [3.8, 4) is 5.75 Å². The Morgan fingerprint density at radius 1 is 1.50 bits per heavy atom. The highest BCUT2D eigenvalue weighted by Crippen LogP contribution is 2.11. The maximum absolute atomic E-state index is 5.46. The van der Waals surface area contributed by atoms with E-state index in [4.69, 9.17) is 21.7 Å². The Labute approximate surface area is 125 Å². The summed E-state index contributed by atoms with van der Waals surface area (Å²) >= 11 is 5.36. The van der Waals surface area contributed by atoms with Crippen molar-refractivity contribution in [2.45, 2.75) is 13.3 Å². The number of morpholine rings is 1. The van der Waals surface area contributed by atoms with E-state index in [-0.39, 0.29) is 0 Å². The first kappa shape index (κ1) is 15.2. The molecule has 0 atom stereocenters. The predicted octanol–water partition coefficient (Wildman–Crippen LogP) is 1.23. The highest BCUT2D eigenvalue weighted by molar-refractivity contribution is 7.80. The van der Waals surface area contributed by atoms with E-state index in [0.29, 0.717) is 13.0 Å². The second-order valence-electron chi connectivity index (χ2n) is 4.58. The zero-order chi connectivity index (χ0) is 14.2. The highest BCUT2D eigenvalue weighted by Gasteiger charge is 2.10. The lowest BCUT2D eigenvalue weighted by molar-refractivity contribution is 0.0367. The Morgan fingerprint density at radius 2 is 2.30 bits per heavy atom. The van der Waals surface area contributed by atoms with Crippen LogP contribution in [0.25, 0.3) is 0 Å². The SMILES string of the molecule is CCOc1ccnc(CC(=S)NCN2CCOCC2)c1. The molecule has 0 unspecified atom stereocenters. The van der Waals surface area contributed by atoms with Gasteiger partial charge in [0.1, 0.15) is 5.75 Å². The van der Waals surface area contributed by atoms with Gasteiger partial charge in [-0.3, -0.25) is 9.88 Å². The molecule has 0 bridgehead atoms. The van der Waals surface area contributed by atoms with Crippen LogP contribution in [0.4, 0.5) is 0 Å². The van der Waals surface area contributed by atoms with Crippen LogP contribution in [0.1, 0.15) is 12.6 Å². The van der Waals surface area contributed by atoms with Crippen molar-refractivity contribution in [3.05, 3.63) is 24.0 Å². The average Bonchev–Trinajstić information content (AvgIpc) is 2.47. The Balaban J connectivity index is 1.77. The van der Waals surface area contributed by atoms with E-state index in [9.17, 15) is 0 Å². The number of hydrogen-bond acceptors (Lipinski definition) is 5. The van der Waals surface area contributed by atoms with Crippen LogP contribution in [0.15, 0.2) is 18.3 Å². The van der Waals surface area contributed by atoms with Crippen LogP contribution in [0.2, 0.25) is 0 Å². The molecule has 0 saturated carbocycles. The summed E-state index contributed by atoms with van der Waals surface area (Å²) in [6, 6.07) is 3.80. The molecule has 110 valence electrons. The number of nitrogens with zero attached hydrogens (tertiary/aromatic N) is 2. The lowest BCUT2D eigenvalue weighted by atomic mass is 10.2. The van der Waals surface area contributed by atoms with Crippen LogP contribution in [-0.2, 0) is 11.2 Å². The lowest BCUT2D eigenvalue weighted by Crippen LogP contribution is -2.43. The molecule has 1 fully saturated rings. The summed E-state index contributed by atoms with van der Waals surface area (Å²) in [5.74, 6) is 0.841. The maximum atomic E-state index is 5.46. The zero-order valence-corrected chi connectivity index (χ0v) is 12.6. The first-order chi connectivity index (χ1) is 9.78. The molecule has 1 N–H and O–H groups in total. The largest absolute Gasteiger partial charge is 0.494 e. The van der Waals surface area contributed by atoms with Crippen molar-refractivity contribution in [1.29, 1.82) is 0 Å². The van der Waals surface area contributed by atoms with Gasteiger partial charge in [0, 0.05) is 31.8 Å². The third-order valence-corrected chi connectivity index (χ3v) is 3.33. The molecule has 1 aliphatic rings. The summed E-state index contributed by atoms with van der Waals surface area (Å²) in [4.78, 5) is 7.41. The minimum atomic E-state index is 0.639. The normalized spacial score (nSPS) is 15.8. The predicted molar refractivity (Wildman–Crippen MR) is 82.1 cm³/mol. The van der Waals surface area contributed by atoms with Gasteiger partial charge in [0.25, 0.3) is 0 Å². The molecule has 0 aliphatic carbocycles. The van der Waals surface area contributed by atoms with E-state index in [1.54, 1.807) is 6.20 Å². The summed E-state index contributed by atoms with van der Waals surface area (Å²) in [6.45, 7) is 6.89. The molecule has 20 heavy (non-hydrogen) atoms. The maximum Gasteiger partial charge on any atom is 0.122 e. The van der Waals surface area contributed by atoms with E-state index in [1.807, 2.05) is 19.1 Å². The fourth-order valence-electron chi connectivity index (χ4n) is 2.00. The Hall–Kier alpha value is -1.24. The van der Waals surface area contributed by atoms with Gasteiger partial charge in [0.15, 0.2) is 0 Å².